The molecule has 6 heteroatoms. The van der Waals surface area contributed by atoms with Gasteiger partial charge in [-0.15, -0.1) is 0 Å². The predicted molar refractivity (Wildman–Crippen MR) is 91.1 cm³/mol. The van der Waals surface area contributed by atoms with Gasteiger partial charge in [-0.25, -0.2) is 0 Å². The lowest BCUT2D eigenvalue weighted by Gasteiger charge is -2.26. The molecule has 1 aliphatic rings. The van der Waals surface area contributed by atoms with E-state index in [1.54, 1.807) is 48.3 Å². The highest BCUT2D eigenvalue weighted by atomic mass is 16.2. The molecule has 0 aliphatic carbocycles. The van der Waals surface area contributed by atoms with Crippen molar-refractivity contribution in [2.45, 2.75) is 12.8 Å². The highest BCUT2D eigenvalue weighted by Crippen LogP contribution is 2.27. The van der Waals surface area contributed by atoms with Crippen molar-refractivity contribution in [3.63, 3.8) is 0 Å². The van der Waals surface area contributed by atoms with Gasteiger partial charge in [0.05, 0.1) is 0 Å². The molecule has 2 aromatic rings. The predicted octanol–water partition coefficient (Wildman–Crippen LogP) is 1.95. The highest BCUT2D eigenvalue weighted by molar-refractivity contribution is 6.05. The van der Waals surface area contributed by atoms with E-state index in [-0.39, 0.29) is 11.8 Å². The summed E-state index contributed by atoms with van der Waals surface area (Å²) in [4.78, 5) is 36.8. The summed E-state index contributed by atoms with van der Waals surface area (Å²) in [5.41, 5.74) is 8.50. The number of anilines is 2. The fraction of sp³-hybridized carbons (Fsp3) is 0.167. The van der Waals surface area contributed by atoms with E-state index >= 15 is 0 Å². The fourth-order valence-corrected chi connectivity index (χ4v) is 2.72. The maximum absolute atomic E-state index is 12.4. The van der Waals surface area contributed by atoms with Crippen LogP contribution in [0.3, 0.4) is 0 Å². The maximum atomic E-state index is 12.4. The lowest BCUT2D eigenvalue weighted by Crippen LogP contribution is -2.31. The fourth-order valence-electron chi connectivity index (χ4n) is 2.72. The molecule has 6 nitrogen and oxygen atoms in total. The van der Waals surface area contributed by atoms with Crippen molar-refractivity contribution >= 4 is 29.1 Å². The van der Waals surface area contributed by atoms with Crippen LogP contribution >= 0.6 is 0 Å². The van der Waals surface area contributed by atoms with E-state index in [2.05, 4.69) is 5.32 Å². The summed E-state index contributed by atoms with van der Waals surface area (Å²) in [6.45, 7) is 0. The molecule has 24 heavy (non-hydrogen) atoms. The van der Waals surface area contributed by atoms with E-state index in [1.807, 2.05) is 6.07 Å². The molecular formula is C18H17N3O3. The third kappa shape index (κ3) is 2.99. The molecule has 3 amide bonds. The van der Waals surface area contributed by atoms with E-state index in [0.717, 1.165) is 11.3 Å². The quantitative estimate of drug-likeness (QED) is 0.904. The van der Waals surface area contributed by atoms with Gasteiger partial charge in [0, 0.05) is 36.0 Å². The van der Waals surface area contributed by atoms with Gasteiger partial charge in [-0.1, -0.05) is 0 Å². The Labute approximate surface area is 139 Å². The number of benzene rings is 2. The van der Waals surface area contributed by atoms with Crippen molar-refractivity contribution in [2.24, 2.45) is 5.73 Å². The molecule has 0 bridgehead atoms. The van der Waals surface area contributed by atoms with Gasteiger partial charge >= 0.3 is 0 Å². The van der Waals surface area contributed by atoms with Crippen molar-refractivity contribution in [2.75, 3.05) is 17.3 Å². The van der Waals surface area contributed by atoms with E-state index in [1.165, 1.54) is 0 Å². The molecule has 0 unspecified atom stereocenters. The largest absolute Gasteiger partial charge is 0.366 e. The molecule has 0 aromatic heterocycles. The normalized spacial score (nSPS) is 13.4. The summed E-state index contributed by atoms with van der Waals surface area (Å²) in [6.07, 6.45) is 1.08. The minimum Gasteiger partial charge on any atom is -0.366 e. The molecule has 1 aliphatic heterocycles. The number of carbonyl (C=O) groups excluding carboxylic acids is 3. The van der Waals surface area contributed by atoms with E-state index < -0.39 is 5.91 Å². The summed E-state index contributed by atoms with van der Waals surface area (Å²) in [5.74, 6) is -0.681. The number of hydrogen-bond acceptors (Lipinski definition) is 3. The van der Waals surface area contributed by atoms with Crippen LogP contribution in [-0.4, -0.2) is 24.8 Å². The molecule has 0 fully saturated rings. The average molecular weight is 323 g/mol. The van der Waals surface area contributed by atoms with E-state index in [9.17, 15) is 14.4 Å². The van der Waals surface area contributed by atoms with Crippen molar-refractivity contribution in [3.05, 3.63) is 59.2 Å². The van der Waals surface area contributed by atoms with Gasteiger partial charge in [0.15, 0.2) is 0 Å². The van der Waals surface area contributed by atoms with Gasteiger partial charge in [0.25, 0.3) is 5.91 Å². The van der Waals surface area contributed by atoms with Crippen molar-refractivity contribution in [3.8, 4) is 0 Å². The zero-order valence-electron chi connectivity index (χ0n) is 13.2. The Morgan fingerprint density at radius 2 is 1.71 bits per heavy atom. The first-order valence-corrected chi connectivity index (χ1v) is 7.56. The molecule has 122 valence electrons. The molecular weight excluding hydrogens is 306 g/mol. The third-order valence-electron chi connectivity index (χ3n) is 4.11. The monoisotopic (exact) mass is 323 g/mol. The third-order valence-corrected chi connectivity index (χ3v) is 4.11. The summed E-state index contributed by atoms with van der Waals surface area (Å²) in [7, 11) is 1.74. The van der Waals surface area contributed by atoms with E-state index in [4.69, 9.17) is 5.73 Å². The van der Waals surface area contributed by atoms with Crippen molar-refractivity contribution < 1.29 is 14.4 Å². The SMILES string of the molecule is CN1C(=O)CCc2cc(C(=O)Nc3ccc(C(N)=O)cc3)ccc21. The van der Waals surface area contributed by atoms with Gasteiger partial charge in [-0.05, 0) is 54.4 Å². The number of nitrogens with two attached hydrogens (primary N) is 1. The van der Waals surface area contributed by atoms with Crippen LogP contribution in [0.15, 0.2) is 42.5 Å². The van der Waals surface area contributed by atoms with Gasteiger partial charge in [-0.3, -0.25) is 14.4 Å². The highest BCUT2D eigenvalue weighted by Gasteiger charge is 2.21. The van der Waals surface area contributed by atoms with Gasteiger partial charge in [0.1, 0.15) is 0 Å². The number of fused-ring (bicyclic) bond motifs is 1. The van der Waals surface area contributed by atoms with Crippen LogP contribution in [0.4, 0.5) is 11.4 Å². The number of carbonyl (C=O) groups is 3. The Morgan fingerprint density at radius 1 is 1.04 bits per heavy atom. The minimum absolute atomic E-state index is 0.0780. The van der Waals surface area contributed by atoms with E-state index in [0.29, 0.717) is 29.7 Å². The van der Waals surface area contributed by atoms with Crippen LogP contribution in [0.25, 0.3) is 0 Å². The molecule has 0 saturated heterocycles. The van der Waals surface area contributed by atoms with Crippen LogP contribution in [0.2, 0.25) is 0 Å². The summed E-state index contributed by atoms with van der Waals surface area (Å²) in [6, 6.07) is 11.7. The molecule has 0 atom stereocenters. The number of hydrogen-bond donors (Lipinski definition) is 2. The van der Waals surface area contributed by atoms with Gasteiger partial charge in [0.2, 0.25) is 11.8 Å². The number of amides is 3. The molecule has 2 aromatic carbocycles. The topological polar surface area (TPSA) is 92.5 Å². The van der Waals surface area contributed by atoms with Crippen molar-refractivity contribution in [1.29, 1.82) is 0 Å². The first-order chi connectivity index (χ1) is 11.5. The Morgan fingerprint density at radius 3 is 2.38 bits per heavy atom. The number of rotatable bonds is 3. The van der Waals surface area contributed by atoms with Crippen LogP contribution in [-0.2, 0) is 11.2 Å². The molecule has 3 N–H and O–H groups in total. The molecule has 3 rings (SSSR count). The Balaban J connectivity index is 1.78. The summed E-state index contributed by atoms with van der Waals surface area (Å²) in [5, 5.41) is 2.78. The van der Waals surface area contributed by atoms with Crippen LogP contribution in [0.5, 0.6) is 0 Å². The first kappa shape index (κ1) is 15.7. The van der Waals surface area contributed by atoms with Crippen LogP contribution in [0.1, 0.15) is 32.7 Å². The number of nitrogens with zero attached hydrogens (tertiary/aromatic N) is 1. The molecule has 0 spiro atoms. The van der Waals surface area contributed by atoms with Crippen molar-refractivity contribution in [1.82, 2.24) is 0 Å². The van der Waals surface area contributed by atoms with Crippen LogP contribution in [0, 0.1) is 0 Å². The maximum Gasteiger partial charge on any atom is 0.255 e. The second-order valence-corrected chi connectivity index (χ2v) is 5.69. The van der Waals surface area contributed by atoms with Crippen LogP contribution < -0.4 is 16.0 Å². The Bertz CT molecular complexity index is 828. The minimum atomic E-state index is -0.513. The zero-order chi connectivity index (χ0) is 17.3. The second kappa shape index (κ2) is 6.16. The average Bonchev–Trinajstić information content (AvgIpc) is 2.58. The second-order valence-electron chi connectivity index (χ2n) is 5.69. The summed E-state index contributed by atoms with van der Waals surface area (Å²) < 4.78 is 0. The summed E-state index contributed by atoms with van der Waals surface area (Å²) >= 11 is 0. The standard InChI is InChI=1S/C18H17N3O3/c1-21-15-8-4-13(10-12(15)5-9-16(21)22)18(24)20-14-6-2-11(3-7-14)17(19)23/h2-4,6-8,10H,5,9H2,1H3,(H2,19,23)(H,20,24). The Kier molecular flexibility index (Phi) is 4.04. The number of aryl methyl sites for hydroxylation is 1. The molecule has 0 saturated carbocycles. The first-order valence-electron chi connectivity index (χ1n) is 7.56. The molecule has 1 heterocycles. The Hall–Kier alpha value is -3.15. The zero-order valence-corrected chi connectivity index (χ0v) is 13.2. The molecule has 0 radical (unpaired) electrons. The van der Waals surface area contributed by atoms with Gasteiger partial charge in [-0.2, -0.15) is 0 Å². The van der Waals surface area contributed by atoms with Gasteiger partial charge < -0.3 is 16.0 Å². The number of nitrogens with one attached hydrogen (secondary N) is 1. The smallest absolute Gasteiger partial charge is 0.255 e. The lowest BCUT2D eigenvalue weighted by atomic mass is 9.99. The number of primary amides is 1. The lowest BCUT2D eigenvalue weighted by molar-refractivity contribution is -0.118.